The molecule has 2 atom stereocenters. The van der Waals surface area contributed by atoms with Crippen molar-refractivity contribution in [2.24, 2.45) is 0 Å². The molecule has 4 aromatic rings. The lowest BCUT2D eigenvalue weighted by Crippen LogP contribution is -2.10. The Morgan fingerprint density at radius 2 is 0.767 bits per heavy atom. The summed E-state index contributed by atoms with van der Waals surface area (Å²) in [5.74, 6) is 0. The molecule has 0 aromatic heterocycles. The maximum atomic E-state index is 11.3. The maximum Gasteiger partial charge on any atom is 0.0836 e. The van der Waals surface area contributed by atoms with E-state index in [-0.39, 0.29) is 0 Å². The third-order valence-corrected chi connectivity index (χ3v) is 6.08. The van der Waals surface area contributed by atoms with E-state index in [1.54, 1.807) is 0 Å². The van der Waals surface area contributed by atoms with E-state index >= 15 is 0 Å². The van der Waals surface area contributed by atoms with Gasteiger partial charge in [0.05, 0.1) is 12.2 Å². The molecule has 0 aliphatic heterocycles. The first-order valence-corrected chi connectivity index (χ1v) is 10.4. The maximum absolute atomic E-state index is 11.3. The molecule has 2 N–H and O–H groups in total. The fraction of sp³-hybridized carbons (Fsp3) is 0.143. The lowest BCUT2D eigenvalue weighted by molar-refractivity contribution is 0.177. The van der Waals surface area contributed by atoms with Gasteiger partial charge in [-0.15, -0.1) is 0 Å². The Morgan fingerprint density at radius 3 is 1.20 bits per heavy atom. The molecule has 0 spiro atoms. The van der Waals surface area contributed by atoms with E-state index in [1.807, 2.05) is 60.7 Å². The number of aliphatic hydroxyl groups excluding tert-OH is 2. The van der Waals surface area contributed by atoms with Crippen molar-refractivity contribution in [3.63, 3.8) is 0 Å². The van der Waals surface area contributed by atoms with Crippen LogP contribution < -0.4 is 0 Å². The Balaban J connectivity index is 1.77. The fourth-order valence-corrected chi connectivity index (χ4v) is 4.62. The van der Waals surface area contributed by atoms with Gasteiger partial charge >= 0.3 is 0 Å². The Kier molecular flexibility index (Phi) is 4.96. The fourth-order valence-electron chi connectivity index (χ4n) is 4.62. The van der Waals surface area contributed by atoms with Gasteiger partial charge in [0.1, 0.15) is 0 Å². The van der Waals surface area contributed by atoms with Crippen molar-refractivity contribution >= 4 is 0 Å². The third kappa shape index (κ3) is 3.35. The molecule has 2 nitrogen and oxygen atoms in total. The largest absolute Gasteiger partial charge is 0.388 e. The molecule has 0 fully saturated rings. The van der Waals surface area contributed by atoms with Crippen molar-refractivity contribution in [2.75, 3.05) is 0 Å². The highest BCUT2D eigenvalue weighted by Gasteiger charge is 2.22. The first-order chi connectivity index (χ1) is 14.7. The monoisotopic (exact) mass is 392 g/mol. The van der Waals surface area contributed by atoms with Crippen LogP contribution in [-0.2, 0) is 12.8 Å². The third-order valence-electron chi connectivity index (χ3n) is 6.08. The van der Waals surface area contributed by atoms with Crippen molar-refractivity contribution in [1.29, 1.82) is 0 Å². The number of fused-ring (bicyclic) bond motifs is 6. The quantitative estimate of drug-likeness (QED) is 0.392. The van der Waals surface area contributed by atoms with Crippen LogP contribution in [0.25, 0.3) is 22.3 Å². The van der Waals surface area contributed by atoms with E-state index in [4.69, 9.17) is 0 Å². The molecule has 5 rings (SSSR count). The van der Waals surface area contributed by atoms with Crippen molar-refractivity contribution in [3.05, 3.63) is 119 Å². The number of rotatable bonds is 0. The standard InChI is InChI=1S/C28H24O2/c29-27-17-19-9-1-3-11-21(19)23-13-5-7-15-25(23)28(30)18-20-10-2-4-12-22(20)24-14-6-8-16-26(24)27/h1-16,27-30H,17-18H2/t27-,28-/m1/s1. The highest BCUT2D eigenvalue weighted by molar-refractivity contribution is 5.74. The van der Waals surface area contributed by atoms with Gasteiger partial charge in [-0.05, 0) is 44.5 Å². The molecule has 1 aliphatic carbocycles. The van der Waals surface area contributed by atoms with Gasteiger partial charge in [0.2, 0.25) is 0 Å². The van der Waals surface area contributed by atoms with E-state index in [1.165, 1.54) is 0 Å². The second-order valence-corrected chi connectivity index (χ2v) is 7.93. The van der Waals surface area contributed by atoms with Gasteiger partial charge in [0.25, 0.3) is 0 Å². The molecule has 0 saturated carbocycles. The summed E-state index contributed by atoms with van der Waals surface area (Å²) in [6.45, 7) is 0. The van der Waals surface area contributed by atoms with E-state index < -0.39 is 12.2 Å². The van der Waals surface area contributed by atoms with Gasteiger partial charge in [-0.25, -0.2) is 0 Å². The molecule has 4 aromatic carbocycles. The number of hydrogen-bond donors (Lipinski definition) is 2. The van der Waals surface area contributed by atoms with Crippen LogP contribution in [0, 0.1) is 0 Å². The molecule has 0 saturated heterocycles. The van der Waals surface area contributed by atoms with Gasteiger partial charge in [-0.2, -0.15) is 0 Å². The lowest BCUT2D eigenvalue weighted by atomic mass is 9.84. The van der Waals surface area contributed by atoms with Crippen LogP contribution in [0.1, 0.15) is 34.5 Å². The summed E-state index contributed by atoms with van der Waals surface area (Å²) in [6, 6.07) is 32.5. The predicted octanol–water partition coefficient (Wildman–Crippen LogP) is 5.89. The zero-order valence-electron chi connectivity index (χ0n) is 16.7. The molecular weight excluding hydrogens is 368 g/mol. The highest BCUT2D eigenvalue weighted by Crippen LogP contribution is 2.38. The summed E-state index contributed by atoms with van der Waals surface area (Å²) in [5.41, 5.74) is 8.18. The van der Waals surface area contributed by atoms with Gasteiger partial charge in [0, 0.05) is 12.8 Å². The summed E-state index contributed by atoms with van der Waals surface area (Å²) in [6.07, 6.45) is -0.210. The molecule has 0 radical (unpaired) electrons. The van der Waals surface area contributed by atoms with E-state index in [0.717, 1.165) is 44.5 Å². The van der Waals surface area contributed by atoms with E-state index in [2.05, 4.69) is 36.4 Å². The van der Waals surface area contributed by atoms with Crippen molar-refractivity contribution in [3.8, 4) is 22.3 Å². The minimum atomic E-state index is -0.619. The average Bonchev–Trinajstić information content (AvgIpc) is 2.79. The minimum absolute atomic E-state index is 0.514. The van der Waals surface area contributed by atoms with Crippen LogP contribution in [0.4, 0.5) is 0 Å². The van der Waals surface area contributed by atoms with Crippen molar-refractivity contribution < 1.29 is 10.2 Å². The van der Waals surface area contributed by atoms with Gasteiger partial charge in [-0.3, -0.25) is 0 Å². The van der Waals surface area contributed by atoms with Crippen LogP contribution in [0.3, 0.4) is 0 Å². The van der Waals surface area contributed by atoms with Crippen LogP contribution in [0.15, 0.2) is 97.1 Å². The minimum Gasteiger partial charge on any atom is -0.388 e. The molecule has 2 heteroatoms. The lowest BCUT2D eigenvalue weighted by Gasteiger charge is -2.23. The van der Waals surface area contributed by atoms with Crippen LogP contribution in [0.2, 0.25) is 0 Å². The molecule has 0 bridgehead atoms. The van der Waals surface area contributed by atoms with Crippen LogP contribution in [0.5, 0.6) is 0 Å². The Bertz CT molecular complexity index is 1100. The number of aliphatic hydroxyl groups is 2. The second-order valence-electron chi connectivity index (χ2n) is 7.93. The molecule has 1 aliphatic rings. The highest BCUT2D eigenvalue weighted by atomic mass is 16.3. The average molecular weight is 392 g/mol. The zero-order chi connectivity index (χ0) is 20.5. The molecule has 0 heterocycles. The summed E-state index contributed by atoms with van der Waals surface area (Å²) in [7, 11) is 0. The van der Waals surface area contributed by atoms with Crippen LogP contribution in [-0.4, -0.2) is 10.2 Å². The van der Waals surface area contributed by atoms with Crippen molar-refractivity contribution in [2.45, 2.75) is 25.0 Å². The molecule has 30 heavy (non-hydrogen) atoms. The first-order valence-electron chi connectivity index (χ1n) is 10.4. The van der Waals surface area contributed by atoms with E-state index in [9.17, 15) is 10.2 Å². The summed E-state index contributed by atoms with van der Waals surface area (Å²) >= 11 is 0. The Morgan fingerprint density at radius 1 is 0.433 bits per heavy atom. The SMILES string of the molecule is O[C@@H]1Cc2ccccc2-c2ccccc2[C@H](O)Cc2ccccc2-c2ccccc21. The molecular formula is C28H24O2. The van der Waals surface area contributed by atoms with Crippen molar-refractivity contribution in [1.82, 2.24) is 0 Å². The normalized spacial score (nSPS) is 18.1. The summed E-state index contributed by atoms with van der Waals surface area (Å²) < 4.78 is 0. The number of hydrogen-bond acceptors (Lipinski definition) is 2. The van der Waals surface area contributed by atoms with Gasteiger partial charge in [0.15, 0.2) is 0 Å². The first kappa shape index (κ1) is 18.8. The smallest absolute Gasteiger partial charge is 0.0836 e. The van der Waals surface area contributed by atoms with E-state index in [0.29, 0.717) is 12.8 Å². The topological polar surface area (TPSA) is 40.5 Å². The second kappa shape index (κ2) is 7.91. The summed E-state index contributed by atoms with van der Waals surface area (Å²) in [4.78, 5) is 0. The predicted molar refractivity (Wildman–Crippen MR) is 121 cm³/mol. The molecule has 148 valence electrons. The Labute approximate surface area is 177 Å². The zero-order valence-corrected chi connectivity index (χ0v) is 16.7. The van der Waals surface area contributed by atoms with Gasteiger partial charge in [-0.1, -0.05) is 97.1 Å². The van der Waals surface area contributed by atoms with Crippen LogP contribution >= 0.6 is 0 Å². The molecule has 0 unspecified atom stereocenters. The number of benzene rings is 4. The van der Waals surface area contributed by atoms with Gasteiger partial charge < -0.3 is 10.2 Å². The Hall–Kier alpha value is -3.20. The summed E-state index contributed by atoms with van der Waals surface area (Å²) in [5, 5.41) is 22.5. The molecule has 0 amide bonds.